The van der Waals surface area contributed by atoms with Crippen molar-refractivity contribution in [3.63, 3.8) is 0 Å². The van der Waals surface area contributed by atoms with Crippen molar-refractivity contribution in [2.24, 2.45) is 5.92 Å². The second-order valence-corrected chi connectivity index (χ2v) is 7.64. The van der Waals surface area contributed by atoms with E-state index in [1.165, 1.54) is 10.7 Å². The summed E-state index contributed by atoms with van der Waals surface area (Å²) in [5.41, 5.74) is 1.79. The van der Waals surface area contributed by atoms with Crippen LogP contribution in [0.3, 0.4) is 0 Å². The number of nitrogens with one attached hydrogen (secondary N) is 1. The van der Waals surface area contributed by atoms with Crippen molar-refractivity contribution >= 4 is 11.7 Å². The molecule has 3 aromatic rings. The Labute approximate surface area is 181 Å². The lowest BCUT2D eigenvalue weighted by molar-refractivity contribution is -0.125. The molecule has 1 unspecified atom stereocenters. The van der Waals surface area contributed by atoms with Gasteiger partial charge in [-0.15, -0.1) is 0 Å². The van der Waals surface area contributed by atoms with Crippen LogP contribution in [0.15, 0.2) is 65.8 Å². The van der Waals surface area contributed by atoms with Gasteiger partial charge in [0.1, 0.15) is 12.1 Å². The van der Waals surface area contributed by atoms with Gasteiger partial charge in [0.15, 0.2) is 0 Å². The van der Waals surface area contributed by atoms with Crippen molar-refractivity contribution in [1.82, 2.24) is 25.1 Å². The molecule has 3 heterocycles. The van der Waals surface area contributed by atoms with Gasteiger partial charge in [-0.25, -0.2) is 14.6 Å². The lowest BCUT2D eigenvalue weighted by Crippen LogP contribution is -2.43. The molecular formula is C23H26N6O2. The molecule has 8 nitrogen and oxygen atoms in total. The number of hydrogen-bond acceptors (Lipinski definition) is 6. The smallest absolute Gasteiger partial charge is 0.266 e. The highest BCUT2D eigenvalue weighted by molar-refractivity contribution is 5.79. The Morgan fingerprint density at radius 3 is 2.84 bits per heavy atom. The van der Waals surface area contributed by atoms with Crippen molar-refractivity contribution < 1.29 is 4.79 Å². The van der Waals surface area contributed by atoms with Crippen LogP contribution in [0, 0.1) is 5.92 Å². The molecule has 4 rings (SSSR count). The summed E-state index contributed by atoms with van der Waals surface area (Å²) in [7, 11) is 0. The highest BCUT2D eigenvalue weighted by Crippen LogP contribution is 2.25. The molecule has 1 aromatic carbocycles. The molecule has 1 atom stereocenters. The van der Waals surface area contributed by atoms with E-state index in [1.807, 2.05) is 36.4 Å². The van der Waals surface area contributed by atoms with Crippen LogP contribution in [0.5, 0.6) is 0 Å². The average molecular weight is 419 g/mol. The summed E-state index contributed by atoms with van der Waals surface area (Å²) in [5.74, 6) is 0.817. The highest BCUT2D eigenvalue weighted by Gasteiger charge is 2.26. The summed E-state index contributed by atoms with van der Waals surface area (Å²) in [4.78, 5) is 35.4. The Morgan fingerprint density at radius 2 is 2.00 bits per heavy atom. The first-order valence-electron chi connectivity index (χ1n) is 10.6. The van der Waals surface area contributed by atoms with Gasteiger partial charge in [-0.2, -0.15) is 5.10 Å². The summed E-state index contributed by atoms with van der Waals surface area (Å²) in [5, 5.41) is 7.04. The Hall–Kier alpha value is -3.55. The van der Waals surface area contributed by atoms with Gasteiger partial charge in [0, 0.05) is 50.1 Å². The van der Waals surface area contributed by atoms with Crippen molar-refractivity contribution in [3.8, 4) is 11.3 Å². The summed E-state index contributed by atoms with van der Waals surface area (Å²) >= 11 is 0. The van der Waals surface area contributed by atoms with E-state index in [0.717, 1.165) is 36.5 Å². The Balaban J connectivity index is 1.31. The third kappa shape index (κ3) is 5.33. The first kappa shape index (κ1) is 20.7. The van der Waals surface area contributed by atoms with Crippen LogP contribution in [-0.4, -0.2) is 45.3 Å². The van der Waals surface area contributed by atoms with E-state index in [0.29, 0.717) is 26.1 Å². The fourth-order valence-electron chi connectivity index (χ4n) is 3.83. The zero-order valence-electron chi connectivity index (χ0n) is 17.4. The summed E-state index contributed by atoms with van der Waals surface area (Å²) < 4.78 is 1.41. The molecule has 0 bridgehead atoms. The van der Waals surface area contributed by atoms with Gasteiger partial charge in [0.25, 0.3) is 5.56 Å². The minimum atomic E-state index is -0.128. The summed E-state index contributed by atoms with van der Waals surface area (Å²) in [6.45, 7) is 2.51. The van der Waals surface area contributed by atoms with Gasteiger partial charge in [-0.1, -0.05) is 30.3 Å². The first-order chi connectivity index (χ1) is 15.2. The number of nitrogens with zero attached hydrogens (tertiary/aromatic N) is 5. The first-order valence-corrected chi connectivity index (χ1v) is 10.6. The van der Waals surface area contributed by atoms with E-state index < -0.39 is 0 Å². The number of anilines is 1. The SMILES string of the molecule is O=C(NCCCn1ncccc1=O)C1CCCN(c2cc(-c3ccccc3)ncn2)C1. The molecule has 1 aliphatic heterocycles. The molecule has 1 N–H and O–H groups in total. The molecule has 2 aromatic heterocycles. The van der Waals surface area contributed by atoms with Crippen LogP contribution in [0.25, 0.3) is 11.3 Å². The van der Waals surface area contributed by atoms with E-state index >= 15 is 0 Å². The second-order valence-electron chi connectivity index (χ2n) is 7.64. The molecule has 0 saturated carbocycles. The molecule has 1 aliphatic rings. The van der Waals surface area contributed by atoms with Crippen LogP contribution < -0.4 is 15.8 Å². The molecule has 1 fully saturated rings. The van der Waals surface area contributed by atoms with Gasteiger partial charge in [0.2, 0.25) is 5.91 Å². The van der Waals surface area contributed by atoms with Crippen LogP contribution in [0.2, 0.25) is 0 Å². The predicted octanol–water partition coefficient (Wildman–Crippen LogP) is 2.12. The minimum absolute atomic E-state index is 0.0513. The van der Waals surface area contributed by atoms with Crippen LogP contribution in [0.4, 0.5) is 5.82 Å². The van der Waals surface area contributed by atoms with E-state index in [2.05, 4.69) is 25.3 Å². The van der Waals surface area contributed by atoms with E-state index in [4.69, 9.17) is 0 Å². The van der Waals surface area contributed by atoms with Gasteiger partial charge in [-0.3, -0.25) is 9.59 Å². The van der Waals surface area contributed by atoms with Gasteiger partial charge < -0.3 is 10.2 Å². The van der Waals surface area contributed by atoms with Crippen LogP contribution >= 0.6 is 0 Å². The van der Waals surface area contributed by atoms with Gasteiger partial charge >= 0.3 is 0 Å². The number of aromatic nitrogens is 4. The maximum Gasteiger partial charge on any atom is 0.266 e. The monoisotopic (exact) mass is 418 g/mol. The highest BCUT2D eigenvalue weighted by atomic mass is 16.2. The Kier molecular flexibility index (Phi) is 6.66. The molecule has 0 aliphatic carbocycles. The van der Waals surface area contributed by atoms with Gasteiger partial charge in [0.05, 0.1) is 11.6 Å². The normalized spacial score (nSPS) is 16.1. The summed E-state index contributed by atoms with van der Waals surface area (Å²) in [6.07, 6.45) is 5.63. The quantitative estimate of drug-likeness (QED) is 0.591. The maximum atomic E-state index is 12.7. The average Bonchev–Trinajstić information content (AvgIpc) is 2.83. The number of rotatable bonds is 7. The number of hydrogen-bond donors (Lipinski definition) is 1. The van der Waals surface area contributed by atoms with E-state index in [-0.39, 0.29) is 17.4 Å². The summed E-state index contributed by atoms with van der Waals surface area (Å²) in [6, 6.07) is 15.1. The standard InChI is InChI=1S/C23H26N6O2/c30-22-10-4-12-27-29(22)14-6-11-24-23(31)19-9-5-13-28(16-19)21-15-20(25-17-26-21)18-7-2-1-3-8-18/h1-4,7-8,10,12,15,17,19H,5-6,9,11,13-14,16H2,(H,24,31). The molecule has 0 spiro atoms. The number of amides is 1. The topological polar surface area (TPSA) is 93.0 Å². The number of benzene rings is 1. The third-order valence-electron chi connectivity index (χ3n) is 5.47. The number of piperidine rings is 1. The molecular weight excluding hydrogens is 392 g/mol. The molecule has 31 heavy (non-hydrogen) atoms. The zero-order valence-corrected chi connectivity index (χ0v) is 17.4. The van der Waals surface area contributed by atoms with E-state index in [9.17, 15) is 9.59 Å². The lowest BCUT2D eigenvalue weighted by Gasteiger charge is -2.33. The molecule has 0 radical (unpaired) electrons. The molecule has 8 heteroatoms. The molecule has 1 saturated heterocycles. The van der Waals surface area contributed by atoms with Crippen molar-refractivity contribution in [2.75, 3.05) is 24.5 Å². The van der Waals surface area contributed by atoms with Crippen molar-refractivity contribution in [3.05, 3.63) is 71.4 Å². The van der Waals surface area contributed by atoms with Crippen molar-refractivity contribution in [2.45, 2.75) is 25.8 Å². The Bertz CT molecular complexity index is 1070. The van der Waals surface area contributed by atoms with E-state index in [1.54, 1.807) is 18.6 Å². The minimum Gasteiger partial charge on any atom is -0.356 e. The zero-order chi connectivity index (χ0) is 21.5. The lowest BCUT2D eigenvalue weighted by atomic mass is 9.97. The van der Waals surface area contributed by atoms with Crippen LogP contribution in [-0.2, 0) is 11.3 Å². The third-order valence-corrected chi connectivity index (χ3v) is 5.47. The van der Waals surface area contributed by atoms with Gasteiger partial charge in [-0.05, 0) is 25.3 Å². The Morgan fingerprint density at radius 1 is 1.13 bits per heavy atom. The fraction of sp³-hybridized carbons (Fsp3) is 0.348. The molecule has 1 amide bonds. The number of aryl methyl sites for hydroxylation is 1. The van der Waals surface area contributed by atoms with Crippen molar-refractivity contribution in [1.29, 1.82) is 0 Å². The van der Waals surface area contributed by atoms with Crippen LogP contribution in [0.1, 0.15) is 19.3 Å². The number of carbonyl (C=O) groups is 1. The molecule has 160 valence electrons. The second kappa shape index (κ2) is 9.97. The largest absolute Gasteiger partial charge is 0.356 e. The maximum absolute atomic E-state index is 12.7. The number of carbonyl (C=O) groups excluding carboxylic acids is 1. The predicted molar refractivity (Wildman–Crippen MR) is 119 cm³/mol. The fourth-order valence-corrected chi connectivity index (χ4v) is 3.83.